The van der Waals surface area contributed by atoms with Crippen molar-refractivity contribution in [3.8, 4) is 5.69 Å². The number of rotatable bonds is 11. The van der Waals surface area contributed by atoms with Crippen LogP contribution in [-0.4, -0.2) is 75.0 Å². The summed E-state index contributed by atoms with van der Waals surface area (Å²) in [5.41, 5.74) is 3.80. The molecule has 1 unspecified atom stereocenters. The molecule has 3 aromatic carbocycles. The SMILES string of the molecule is CCN(CC(O)(CNc1cc(C)cc2c1cnn2-c1cccc(C(=O)N[C@H](C)C(N)=O)c1)C(F)(F)F)C(=O)c1c(Cl)cccc1Cl. The average Bonchev–Trinajstić information content (AvgIpc) is 3.41. The molecule has 15 heteroatoms. The molecule has 0 aliphatic heterocycles. The number of nitrogens with two attached hydrogens (primary N) is 1. The highest BCUT2D eigenvalue weighted by Crippen LogP contribution is 2.35. The Morgan fingerprint density at radius 2 is 1.74 bits per heavy atom. The summed E-state index contributed by atoms with van der Waals surface area (Å²) in [4.78, 5) is 38.1. The number of aryl methyl sites for hydroxylation is 1. The molecule has 46 heavy (non-hydrogen) atoms. The van der Waals surface area contributed by atoms with Gasteiger partial charge in [-0.2, -0.15) is 18.3 Å². The molecule has 0 spiro atoms. The van der Waals surface area contributed by atoms with E-state index in [-0.39, 0.29) is 33.4 Å². The number of hydrogen-bond donors (Lipinski definition) is 4. The summed E-state index contributed by atoms with van der Waals surface area (Å²) < 4.78 is 44.8. The molecule has 0 bridgehead atoms. The lowest BCUT2D eigenvalue weighted by molar-refractivity contribution is -0.257. The number of carbonyl (C=O) groups excluding carboxylic acids is 3. The van der Waals surface area contributed by atoms with Crippen LogP contribution in [0.15, 0.2) is 60.8 Å². The van der Waals surface area contributed by atoms with Gasteiger partial charge in [0.1, 0.15) is 6.04 Å². The van der Waals surface area contributed by atoms with Gasteiger partial charge >= 0.3 is 6.18 Å². The van der Waals surface area contributed by atoms with Gasteiger partial charge in [-0.1, -0.05) is 35.3 Å². The van der Waals surface area contributed by atoms with E-state index >= 15 is 0 Å². The Hall–Kier alpha value is -4.33. The number of nitrogens with zero attached hydrogens (tertiary/aromatic N) is 3. The fraction of sp³-hybridized carbons (Fsp3) is 0.290. The van der Waals surface area contributed by atoms with Crippen molar-refractivity contribution < 1.29 is 32.7 Å². The van der Waals surface area contributed by atoms with Crippen molar-refractivity contribution >= 4 is 57.5 Å². The second-order valence-electron chi connectivity index (χ2n) is 10.7. The van der Waals surface area contributed by atoms with Crippen molar-refractivity contribution in [2.75, 3.05) is 25.0 Å². The molecular weight excluding hydrogens is 648 g/mol. The Bertz CT molecular complexity index is 1780. The van der Waals surface area contributed by atoms with Gasteiger partial charge in [-0.05, 0) is 68.8 Å². The van der Waals surface area contributed by atoms with Gasteiger partial charge in [0.15, 0.2) is 5.60 Å². The van der Waals surface area contributed by atoms with E-state index in [0.29, 0.717) is 22.2 Å². The zero-order valence-electron chi connectivity index (χ0n) is 25.0. The third-order valence-electron chi connectivity index (χ3n) is 7.36. The lowest BCUT2D eigenvalue weighted by atomic mass is 10.0. The van der Waals surface area contributed by atoms with Crippen LogP contribution in [-0.2, 0) is 4.79 Å². The summed E-state index contributed by atoms with van der Waals surface area (Å²) in [6, 6.07) is 13.1. The Morgan fingerprint density at radius 1 is 1.09 bits per heavy atom. The number of hydrogen-bond acceptors (Lipinski definition) is 6. The normalized spacial score (nSPS) is 13.6. The highest BCUT2D eigenvalue weighted by atomic mass is 35.5. The second kappa shape index (κ2) is 13.6. The Labute approximate surface area is 272 Å². The molecule has 10 nitrogen and oxygen atoms in total. The van der Waals surface area contributed by atoms with Crippen molar-refractivity contribution in [3.05, 3.63) is 87.5 Å². The van der Waals surface area contributed by atoms with E-state index in [1.54, 1.807) is 37.3 Å². The summed E-state index contributed by atoms with van der Waals surface area (Å²) in [6.45, 7) is 2.39. The van der Waals surface area contributed by atoms with E-state index in [1.807, 2.05) is 0 Å². The number of likely N-dealkylation sites (N-methyl/N-ethyl adjacent to an activating group) is 1. The van der Waals surface area contributed by atoms with E-state index in [9.17, 15) is 32.7 Å². The van der Waals surface area contributed by atoms with Gasteiger partial charge in [0.25, 0.3) is 11.8 Å². The lowest BCUT2D eigenvalue weighted by Gasteiger charge is -2.36. The molecule has 4 rings (SSSR count). The van der Waals surface area contributed by atoms with Gasteiger partial charge in [-0.25, -0.2) is 4.68 Å². The number of aromatic nitrogens is 2. The van der Waals surface area contributed by atoms with Crippen molar-refractivity contribution in [3.63, 3.8) is 0 Å². The molecule has 244 valence electrons. The maximum Gasteiger partial charge on any atom is 0.420 e. The summed E-state index contributed by atoms with van der Waals surface area (Å²) in [5.74, 6) is -2.10. The molecule has 4 aromatic rings. The van der Waals surface area contributed by atoms with Gasteiger partial charge in [-0.15, -0.1) is 0 Å². The molecule has 3 amide bonds. The molecule has 5 N–H and O–H groups in total. The summed E-state index contributed by atoms with van der Waals surface area (Å²) in [7, 11) is 0. The number of nitrogens with one attached hydrogen (secondary N) is 2. The molecule has 1 heterocycles. The first-order valence-corrected chi connectivity index (χ1v) is 14.8. The molecule has 0 saturated heterocycles. The van der Waals surface area contributed by atoms with Gasteiger partial charge in [0.05, 0.1) is 46.1 Å². The van der Waals surface area contributed by atoms with Gasteiger partial charge < -0.3 is 26.4 Å². The van der Waals surface area contributed by atoms with Crippen LogP contribution in [0.25, 0.3) is 16.6 Å². The van der Waals surface area contributed by atoms with Crippen LogP contribution in [0.1, 0.15) is 40.1 Å². The van der Waals surface area contributed by atoms with Gasteiger partial charge in [0, 0.05) is 23.2 Å². The number of anilines is 1. The number of benzene rings is 3. The predicted molar refractivity (Wildman–Crippen MR) is 169 cm³/mol. The van der Waals surface area contributed by atoms with Crippen molar-refractivity contribution in [1.29, 1.82) is 0 Å². The minimum atomic E-state index is -5.14. The number of aliphatic hydroxyl groups is 1. The fourth-order valence-electron chi connectivity index (χ4n) is 4.74. The predicted octanol–water partition coefficient (Wildman–Crippen LogP) is 5.11. The Balaban J connectivity index is 1.63. The number of amides is 3. The third-order valence-corrected chi connectivity index (χ3v) is 7.99. The molecule has 0 fully saturated rings. The first kappa shape index (κ1) is 34.5. The smallest absolute Gasteiger partial charge is 0.381 e. The molecule has 2 atom stereocenters. The first-order valence-electron chi connectivity index (χ1n) is 14.0. The van der Waals surface area contributed by atoms with Crippen LogP contribution in [0.2, 0.25) is 10.0 Å². The lowest BCUT2D eigenvalue weighted by Crippen LogP contribution is -2.58. The molecule has 0 aliphatic carbocycles. The highest BCUT2D eigenvalue weighted by Gasteiger charge is 2.55. The molecule has 0 radical (unpaired) electrons. The molecule has 0 saturated carbocycles. The van der Waals surface area contributed by atoms with Crippen molar-refractivity contribution in [2.45, 2.75) is 38.6 Å². The second-order valence-corrected chi connectivity index (χ2v) is 11.6. The van der Waals surface area contributed by atoms with Crippen molar-refractivity contribution in [1.82, 2.24) is 20.0 Å². The number of carbonyl (C=O) groups is 3. The first-order chi connectivity index (χ1) is 21.6. The van der Waals surface area contributed by atoms with Crippen molar-refractivity contribution in [2.24, 2.45) is 5.73 Å². The van der Waals surface area contributed by atoms with E-state index in [2.05, 4.69) is 15.7 Å². The zero-order valence-corrected chi connectivity index (χ0v) is 26.5. The van der Waals surface area contributed by atoms with Crippen LogP contribution in [0.3, 0.4) is 0 Å². The number of halogens is 5. The molecule has 1 aromatic heterocycles. The molecular formula is C31H31Cl2F3N6O4. The summed E-state index contributed by atoms with van der Waals surface area (Å²) in [5, 5.41) is 21.0. The topological polar surface area (TPSA) is 143 Å². The van der Waals surface area contributed by atoms with E-state index in [0.717, 1.165) is 4.90 Å². The summed E-state index contributed by atoms with van der Waals surface area (Å²) >= 11 is 12.3. The fourth-order valence-corrected chi connectivity index (χ4v) is 5.30. The van der Waals surface area contributed by atoms with Gasteiger partial charge in [0.2, 0.25) is 5.91 Å². The summed E-state index contributed by atoms with van der Waals surface area (Å²) in [6.07, 6.45) is -3.70. The zero-order chi connectivity index (χ0) is 34.0. The minimum Gasteiger partial charge on any atom is -0.381 e. The largest absolute Gasteiger partial charge is 0.420 e. The third kappa shape index (κ3) is 7.22. The van der Waals surface area contributed by atoms with Crippen LogP contribution in [0, 0.1) is 6.92 Å². The van der Waals surface area contributed by atoms with Crippen LogP contribution < -0.4 is 16.4 Å². The standard InChI is InChI=1S/C31H31Cl2F3N6O4/c1-4-41(29(45)26-22(32)9-6-10-23(26)33)16-30(46,31(34,35)36)15-38-24-11-17(2)12-25-21(24)14-39-42(25)20-8-5-7-19(13-20)28(44)40-18(3)27(37)43/h5-14,18,38,46H,4,15-16H2,1-3H3,(H2,37,43)(H,40,44)/t18-,30?/m1/s1. The minimum absolute atomic E-state index is 0.0322. The Kier molecular flexibility index (Phi) is 10.2. The van der Waals surface area contributed by atoms with E-state index < -0.39 is 48.6 Å². The number of fused-ring (bicyclic) bond motifs is 1. The maximum absolute atomic E-state index is 14.4. The molecule has 0 aliphatic rings. The van der Waals surface area contributed by atoms with E-state index in [1.165, 1.54) is 49.0 Å². The highest BCUT2D eigenvalue weighted by molar-refractivity contribution is 6.39. The quantitative estimate of drug-likeness (QED) is 0.174. The van der Waals surface area contributed by atoms with Crippen LogP contribution >= 0.6 is 23.2 Å². The average molecular weight is 680 g/mol. The monoisotopic (exact) mass is 678 g/mol. The number of alkyl halides is 3. The van der Waals surface area contributed by atoms with Gasteiger partial charge in [-0.3, -0.25) is 14.4 Å². The van der Waals surface area contributed by atoms with Crippen LogP contribution in [0.5, 0.6) is 0 Å². The van der Waals surface area contributed by atoms with E-state index in [4.69, 9.17) is 28.9 Å². The Morgan fingerprint density at radius 3 is 2.35 bits per heavy atom. The maximum atomic E-state index is 14.4. The van der Waals surface area contributed by atoms with Crippen LogP contribution in [0.4, 0.5) is 18.9 Å². The number of primary amides is 1.